The van der Waals surface area contributed by atoms with Crippen LogP contribution in [0.2, 0.25) is 0 Å². The van der Waals surface area contributed by atoms with Crippen molar-refractivity contribution in [2.24, 2.45) is 0 Å². The number of benzene rings is 1. The first kappa shape index (κ1) is 14.4. The molecule has 0 aliphatic carbocycles. The van der Waals surface area contributed by atoms with Crippen molar-refractivity contribution in [3.63, 3.8) is 0 Å². The zero-order chi connectivity index (χ0) is 13.7. The number of ether oxygens (including phenoxy) is 1. The number of rotatable bonds is 5. The number of anilines is 1. The van der Waals surface area contributed by atoms with Crippen LogP contribution in [-0.4, -0.2) is 38.1 Å². The number of nitrogens with zero attached hydrogens (tertiary/aromatic N) is 1. The topological polar surface area (TPSA) is 55.6 Å². The van der Waals surface area contributed by atoms with E-state index in [0.29, 0.717) is 30.8 Å². The van der Waals surface area contributed by atoms with Gasteiger partial charge in [0.2, 0.25) is 0 Å². The standard InChI is InChI=1S/C13H19FN2O2/c1-9-7-10(15)8-11(12(9)14)13(17)16(2)5-4-6-18-3/h7-8H,4-6,15H2,1-3H3. The van der Waals surface area contributed by atoms with Crippen LogP contribution < -0.4 is 5.73 Å². The number of nitrogen functional groups attached to an aromatic ring is 1. The van der Waals surface area contributed by atoms with Gasteiger partial charge in [0.1, 0.15) is 5.82 Å². The molecule has 5 heteroatoms. The van der Waals surface area contributed by atoms with E-state index in [0.717, 1.165) is 0 Å². The Morgan fingerprint density at radius 1 is 1.50 bits per heavy atom. The molecule has 18 heavy (non-hydrogen) atoms. The Morgan fingerprint density at radius 2 is 2.17 bits per heavy atom. The number of nitrogens with two attached hydrogens (primary N) is 1. The zero-order valence-corrected chi connectivity index (χ0v) is 11.0. The van der Waals surface area contributed by atoms with Crippen LogP contribution in [-0.2, 0) is 4.74 Å². The summed E-state index contributed by atoms with van der Waals surface area (Å²) in [6.45, 7) is 2.67. The Morgan fingerprint density at radius 3 is 2.78 bits per heavy atom. The molecule has 2 N–H and O–H groups in total. The summed E-state index contributed by atoms with van der Waals surface area (Å²) >= 11 is 0. The van der Waals surface area contributed by atoms with Gasteiger partial charge in [-0.15, -0.1) is 0 Å². The van der Waals surface area contributed by atoms with Gasteiger partial charge in [0.15, 0.2) is 0 Å². The van der Waals surface area contributed by atoms with Crippen LogP contribution in [0.3, 0.4) is 0 Å². The normalized spacial score (nSPS) is 10.4. The van der Waals surface area contributed by atoms with E-state index in [1.54, 1.807) is 21.1 Å². The molecule has 1 aromatic rings. The van der Waals surface area contributed by atoms with Crippen molar-refractivity contribution in [2.75, 3.05) is 33.0 Å². The predicted octanol–water partition coefficient (Wildman–Crippen LogP) is 1.82. The molecule has 100 valence electrons. The smallest absolute Gasteiger partial charge is 0.256 e. The van der Waals surface area contributed by atoms with Crippen molar-refractivity contribution < 1.29 is 13.9 Å². The van der Waals surface area contributed by atoms with E-state index in [1.165, 1.54) is 17.0 Å². The van der Waals surface area contributed by atoms with E-state index in [1.807, 2.05) is 0 Å². The third kappa shape index (κ3) is 3.43. The van der Waals surface area contributed by atoms with Gasteiger partial charge in [-0.25, -0.2) is 4.39 Å². The molecule has 1 amide bonds. The fourth-order valence-corrected chi connectivity index (χ4v) is 1.71. The van der Waals surface area contributed by atoms with Gasteiger partial charge < -0.3 is 15.4 Å². The van der Waals surface area contributed by atoms with Crippen LogP contribution >= 0.6 is 0 Å². The maximum atomic E-state index is 13.9. The number of aryl methyl sites for hydroxylation is 1. The van der Waals surface area contributed by atoms with E-state index < -0.39 is 5.82 Å². The Labute approximate surface area is 107 Å². The van der Waals surface area contributed by atoms with Crippen LogP contribution in [0.4, 0.5) is 10.1 Å². The average molecular weight is 254 g/mol. The number of hydrogen-bond donors (Lipinski definition) is 1. The number of amides is 1. The van der Waals surface area contributed by atoms with E-state index in [9.17, 15) is 9.18 Å². The Bertz CT molecular complexity index is 435. The third-order valence-electron chi connectivity index (χ3n) is 2.70. The van der Waals surface area contributed by atoms with E-state index in [4.69, 9.17) is 10.5 Å². The fourth-order valence-electron chi connectivity index (χ4n) is 1.71. The molecule has 0 saturated heterocycles. The maximum Gasteiger partial charge on any atom is 0.256 e. The molecule has 0 aliphatic heterocycles. The monoisotopic (exact) mass is 254 g/mol. The van der Waals surface area contributed by atoms with Gasteiger partial charge >= 0.3 is 0 Å². The Balaban J connectivity index is 2.83. The lowest BCUT2D eigenvalue weighted by atomic mass is 10.1. The number of methoxy groups -OCH3 is 1. The van der Waals surface area contributed by atoms with Crippen molar-refractivity contribution in [3.05, 3.63) is 29.1 Å². The molecule has 1 rings (SSSR count). The van der Waals surface area contributed by atoms with E-state index in [2.05, 4.69) is 0 Å². The molecule has 4 nitrogen and oxygen atoms in total. The molecule has 0 aromatic heterocycles. The van der Waals surface area contributed by atoms with Gasteiger partial charge in [0, 0.05) is 33.0 Å². The molecular formula is C13H19FN2O2. The first-order chi connectivity index (χ1) is 8.47. The predicted molar refractivity (Wildman–Crippen MR) is 69.0 cm³/mol. The summed E-state index contributed by atoms with van der Waals surface area (Å²) in [4.78, 5) is 13.5. The highest BCUT2D eigenvalue weighted by Crippen LogP contribution is 2.18. The lowest BCUT2D eigenvalue weighted by Crippen LogP contribution is -2.29. The van der Waals surface area contributed by atoms with Crippen LogP contribution in [0.15, 0.2) is 12.1 Å². The van der Waals surface area contributed by atoms with Gasteiger partial charge in [-0.3, -0.25) is 4.79 Å². The summed E-state index contributed by atoms with van der Waals surface area (Å²) in [7, 11) is 3.23. The third-order valence-corrected chi connectivity index (χ3v) is 2.70. The van der Waals surface area contributed by atoms with Crippen molar-refractivity contribution in [3.8, 4) is 0 Å². The lowest BCUT2D eigenvalue weighted by Gasteiger charge is -2.18. The summed E-state index contributed by atoms with van der Waals surface area (Å²) in [6, 6.07) is 2.88. The van der Waals surface area contributed by atoms with E-state index >= 15 is 0 Å². The SMILES string of the molecule is COCCCN(C)C(=O)c1cc(N)cc(C)c1F. The van der Waals surface area contributed by atoms with Crippen LogP contribution in [0.25, 0.3) is 0 Å². The molecule has 0 radical (unpaired) electrons. The largest absolute Gasteiger partial charge is 0.399 e. The van der Waals surface area contributed by atoms with Crippen LogP contribution in [0.1, 0.15) is 22.3 Å². The zero-order valence-electron chi connectivity index (χ0n) is 11.0. The average Bonchev–Trinajstić information content (AvgIpc) is 2.33. The van der Waals surface area contributed by atoms with Crippen LogP contribution in [0, 0.1) is 12.7 Å². The second-order valence-electron chi connectivity index (χ2n) is 4.27. The summed E-state index contributed by atoms with van der Waals surface area (Å²) in [5.74, 6) is -0.869. The molecule has 0 aliphatic rings. The molecular weight excluding hydrogens is 235 g/mol. The number of hydrogen-bond acceptors (Lipinski definition) is 3. The molecule has 0 saturated carbocycles. The molecule has 1 aromatic carbocycles. The highest BCUT2D eigenvalue weighted by molar-refractivity contribution is 5.95. The first-order valence-corrected chi connectivity index (χ1v) is 5.77. The minimum absolute atomic E-state index is 0.0208. The second kappa shape index (κ2) is 6.35. The minimum atomic E-state index is -0.507. The molecule has 0 unspecified atom stereocenters. The van der Waals surface area contributed by atoms with Gasteiger partial charge in [0.25, 0.3) is 5.91 Å². The van der Waals surface area contributed by atoms with Crippen molar-refractivity contribution in [2.45, 2.75) is 13.3 Å². The minimum Gasteiger partial charge on any atom is -0.399 e. The van der Waals surface area contributed by atoms with Crippen molar-refractivity contribution in [1.29, 1.82) is 0 Å². The maximum absolute atomic E-state index is 13.9. The lowest BCUT2D eigenvalue weighted by molar-refractivity contribution is 0.0774. The molecule has 0 fully saturated rings. The van der Waals surface area contributed by atoms with Gasteiger partial charge in [0.05, 0.1) is 5.56 Å². The molecule has 0 heterocycles. The van der Waals surface area contributed by atoms with Gasteiger partial charge in [-0.2, -0.15) is 0 Å². The fraction of sp³-hybridized carbons (Fsp3) is 0.462. The summed E-state index contributed by atoms with van der Waals surface area (Å²) in [5.41, 5.74) is 6.42. The molecule has 0 bridgehead atoms. The second-order valence-corrected chi connectivity index (χ2v) is 4.27. The van der Waals surface area contributed by atoms with Gasteiger partial charge in [-0.1, -0.05) is 0 Å². The van der Waals surface area contributed by atoms with Crippen molar-refractivity contribution in [1.82, 2.24) is 4.90 Å². The van der Waals surface area contributed by atoms with Gasteiger partial charge in [-0.05, 0) is 31.0 Å². The van der Waals surface area contributed by atoms with Crippen molar-refractivity contribution >= 4 is 11.6 Å². The number of carbonyl (C=O) groups excluding carboxylic acids is 1. The molecule has 0 atom stereocenters. The Kier molecular flexibility index (Phi) is 5.09. The number of halogens is 1. The first-order valence-electron chi connectivity index (χ1n) is 5.77. The Hall–Kier alpha value is -1.62. The van der Waals surface area contributed by atoms with E-state index in [-0.39, 0.29) is 11.5 Å². The summed E-state index contributed by atoms with van der Waals surface area (Å²) in [6.07, 6.45) is 0.710. The highest BCUT2D eigenvalue weighted by Gasteiger charge is 2.18. The summed E-state index contributed by atoms with van der Waals surface area (Å²) in [5, 5.41) is 0. The van der Waals surface area contributed by atoms with Crippen LogP contribution in [0.5, 0.6) is 0 Å². The highest BCUT2D eigenvalue weighted by atomic mass is 19.1. The summed E-state index contributed by atoms with van der Waals surface area (Å²) < 4.78 is 18.8. The molecule has 0 spiro atoms. The number of carbonyl (C=O) groups is 1. The quantitative estimate of drug-likeness (QED) is 0.644.